The largest absolute Gasteiger partial charge is 0.385 e. The molecule has 1 amide bonds. The number of nitrogens with zero attached hydrogens (tertiary/aromatic N) is 1. The highest BCUT2D eigenvalue weighted by Crippen LogP contribution is 2.17. The van der Waals surface area contributed by atoms with Crippen LogP contribution in [-0.4, -0.2) is 17.4 Å². The molecule has 0 aliphatic heterocycles. The second-order valence-electron chi connectivity index (χ2n) is 5.10. The van der Waals surface area contributed by atoms with Crippen molar-refractivity contribution < 1.29 is 4.79 Å². The molecule has 0 fully saturated rings. The van der Waals surface area contributed by atoms with Gasteiger partial charge in [-0.25, -0.2) is 0 Å². The number of anilines is 2. The van der Waals surface area contributed by atoms with Crippen LogP contribution in [0.25, 0.3) is 0 Å². The number of amides is 1. The molecule has 0 aliphatic carbocycles. The minimum atomic E-state index is -0.120. The normalized spacial score (nSPS) is 10.2. The van der Waals surface area contributed by atoms with Crippen LogP contribution in [0.5, 0.6) is 0 Å². The minimum Gasteiger partial charge on any atom is -0.385 e. The van der Waals surface area contributed by atoms with E-state index in [1.807, 2.05) is 44.2 Å². The number of nitrogens with one attached hydrogen (secondary N) is 2. The molecular formula is C17H21N3O. The van der Waals surface area contributed by atoms with Crippen LogP contribution in [-0.2, 0) is 0 Å². The maximum atomic E-state index is 12.2. The fourth-order valence-electron chi connectivity index (χ4n) is 2.01. The molecule has 1 aromatic carbocycles. The van der Waals surface area contributed by atoms with Gasteiger partial charge in [0.15, 0.2) is 0 Å². The number of pyridine rings is 1. The smallest absolute Gasteiger partial charge is 0.255 e. The summed E-state index contributed by atoms with van der Waals surface area (Å²) in [5.74, 6) is -0.120. The van der Waals surface area contributed by atoms with E-state index in [9.17, 15) is 4.79 Å². The van der Waals surface area contributed by atoms with Crippen molar-refractivity contribution in [3.63, 3.8) is 0 Å². The highest BCUT2D eigenvalue weighted by atomic mass is 16.1. The molecule has 2 rings (SSSR count). The van der Waals surface area contributed by atoms with Gasteiger partial charge in [-0.3, -0.25) is 9.78 Å². The van der Waals surface area contributed by atoms with E-state index in [1.54, 1.807) is 6.20 Å². The average molecular weight is 283 g/mol. The highest BCUT2D eigenvalue weighted by Gasteiger charge is 2.08. The molecule has 0 radical (unpaired) electrons. The number of aromatic nitrogens is 1. The number of aryl methyl sites for hydroxylation is 2. The fourth-order valence-corrected chi connectivity index (χ4v) is 2.01. The Morgan fingerprint density at radius 1 is 1.19 bits per heavy atom. The van der Waals surface area contributed by atoms with Crippen molar-refractivity contribution in [3.05, 3.63) is 53.3 Å². The van der Waals surface area contributed by atoms with Gasteiger partial charge in [0.1, 0.15) is 0 Å². The van der Waals surface area contributed by atoms with Gasteiger partial charge in [0.05, 0.1) is 11.9 Å². The fraction of sp³-hybridized carbons (Fsp3) is 0.294. The monoisotopic (exact) mass is 283 g/mol. The van der Waals surface area contributed by atoms with Gasteiger partial charge < -0.3 is 10.6 Å². The van der Waals surface area contributed by atoms with E-state index in [1.165, 1.54) is 0 Å². The molecule has 0 unspecified atom stereocenters. The zero-order chi connectivity index (χ0) is 15.2. The van der Waals surface area contributed by atoms with E-state index in [4.69, 9.17) is 0 Å². The van der Waals surface area contributed by atoms with Crippen molar-refractivity contribution >= 4 is 17.3 Å². The first-order valence-corrected chi connectivity index (χ1v) is 7.18. The lowest BCUT2D eigenvalue weighted by molar-refractivity contribution is 0.102. The predicted octanol–water partition coefficient (Wildman–Crippen LogP) is 3.77. The van der Waals surface area contributed by atoms with Crippen molar-refractivity contribution in [2.45, 2.75) is 27.2 Å². The van der Waals surface area contributed by atoms with Crippen molar-refractivity contribution in [3.8, 4) is 0 Å². The number of rotatable bonds is 5. The molecule has 0 spiro atoms. The molecule has 1 heterocycles. The van der Waals surface area contributed by atoms with Crippen LogP contribution in [0.3, 0.4) is 0 Å². The number of benzene rings is 1. The lowest BCUT2D eigenvalue weighted by atomic mass is 10.1. The van der Waals surface area contributed by atoms with Crippen LogP contribution in [0, 0.1) is 13.8 Å². The first kappa shape index (κ1) is 15.0. The standard InChI is InChI=1S/C17H21N3O/c1-4-9-18-16-8-6-14(10-12(16)2)17(21)20-15-7-5-13(3)19-11-15/h5-8,10-11,18H,4,9H2,1-3H3,(H,20,21). The Morgan fingerprint density at radius 2 is 2.00 bits per heavy atom. The van der Waals surface area contributed by atoms with E-state index in [0.717, 1.165) is 29.9 Å². The molecule has 4 heteroatoms. The number of carbonyl (C=O) groups is 1. The Hall–Kier alpha value is -2.36. The summed E-state index contributed by atoms with van der Waals surface area (Å²) in [6, 6.07) is 9.41. The summed E-state index contributed by atoms with van der Waals surface area (Å²) in [5.41, 5.74) is 4.42. The van der Waals surface area contributed by atoms with Gasteiger partial charge in [-0.05, 0) is 56.2 Å². The van der Waals surface area contributed by atoms with E-state index in [0.29, 0.717) is 11.3 Å². The molecule has 21 heavy (non-hydrogen) atoms. The summed E-state index contributed by atoms with van der Waals surface area (Å²) >= 11 is 0. The van der Waals surface area contributed by atoms with Crippen LogP contribution < -0.4 is 10.6 Å². The summed E-state index contributed by atoms with van der Waals surface area (Å²) in [6.07, 6.45) is 2.74. The first-order valence-electron chi connectivity index (χ1n) is 7.18. The van der Waals surface area contributed by atoms with Crippen LogP contribution in [0.4, 0.5) is 11.4 Å². The van der Waals surface area contributed by atoms with Gasteiger partial charge in [-0.1, -0.05) is 6.92 Å². The molecule has 0 saturated carbocycles. The molecule has 0 atom stereocenters. The third-order valence-electron chi connectivity index (χ3n) is 3.22. The van der Waals surface area contributed by atoms with E-state index in [2.05, 4.69) is 22.5 Å². The predicted molar refractivity (Wildman–Crippen MR) is 86.9 cm³/mol. The van der Waals surface area contributed by atoms with Gasteiger partial charge >= 0.3 is 0 Å². The summed E-state index contributed by atoms with van der Waals surface area (Å²) in [4.78, 5) is 16.4. The van der Waals surface area contributed by atoms with E-state index in [-0.39, 0.29) is 5.91 Å². The Morgan fingerprint density at radius 3 is 2.62 bits per heavy atom. The third-order valence-corrected chi connectivity index (χ3v) is 3.22. The Kier molecular flexibility index (Phi) is 4.93. The third kappa shape index (κ3) is 4.05. The second-order valence-corrected chi connectivity index (χ2v) is 5.10. The maximum absolute atomic E-state index is 12.2. The van der Waals surface area contributed by atoms with Gasteiger partial charge in [-0.2, -0.15) is 0 Å². The molecule has 0 bridgehead atoms. The number of carbonyl (C=O) groups excluding carboxylic acids is 1. The van der Waals surface area contributed by atoms with Crippen molar-refractivity contribution in [1.82, 2.24) is 4.98 Å². The van der Waals surface area contributed by atoms with Crippen LogP contribution in [0.1, 0.15) is 35.0 Å². The zero-order valence-corrected chi connectivity index (χ0v) is 12.7. The molecule has 4 nitrogen and oxygen atoms in total. The lowest BCUT2D eigenvalue weighted by Gasteiger charge is -2.11. The minimum absolute atomic E-state index is 0.120. The molecule has 110 valence electrons. The van der Waals surface area contributed by atoms with E-state index >= 15 is 0 Å². The summed E-state index contributed by atoms with van der Waals surface area (Å²) < 4.78 is 0. The van der Waals surface area contributed by atoms with Gasteiger partial charge in [-0.15, -0.1) is 0 Å². The Balaban J connectivity index is 2.08. The Bertz CT molecular complexity index is 620. The number of hydrogen-bond donors (Lipinski definition) is 2. The maximum Gasteiger partial charge on any atom is 0.255 e. The highest BCUT2D eigenvalue weighted by molar-refractivity contribution is 6.04. The van der Waals surface area contributed by atoms with Gasteiger partial charge in [0.25, 0.3) is 5.91 Å². The molecule has 2 aromatic rings. The van der Waals surface area contributed by atoms with Crippen LogP contribution in [0.15, 0.2) is 36.5 Å². The summed E-state index contributed by atoms with van der Waals surface area (Å²) in [5, 5.41) is 6.20. The topological polar surface area (TPSA) is 54.0 Å². The first-order chi connectivity index (χ1) is 10.1. The van der Waals surface area contributed by atoms with Crippen molar-refractivity contribution in [2.75, 3.05) is 17.2 Å². The van der Waals surface area contributed by atoms with Crippen molar-refractivity contribution in [1.29, 1.82) is 0 Å². The van der Waals surface area contributed by atoms with Gasteiger partial charge in [0, 0.05) is 23.5 Å². The Labute approximate surface area is 125 Å². The summed E-state index contributed by atoms with van der Waals surface area (Å²) in [6.45, 7) is 6.97. The zero-order valence-electron chi connectivity index (χ0n) is 12.7. The average Bonchev–Trinajstić information content (AvgIpc) is 2.48. The molecular weight excluding hydrogens is 262 g/mol. The second kappa shape index (κ2) is 6.88. The summed E-state index contributed by atoms with van der Waals surface area (Å²) in [7, 11) is 0. The number of hydrogen-bond acceptors (Lipinski definition) is 3. The van der Waals surface area contributed by atoms with E-state index < -0.39 is 0 Å². The van der Waals surface area contributed by atoms with Gasteiger partial charge in [0.2, 0.25) is 0 Å². The molecule has 0 saturated heterocycles. The quantitative estimate of drug-likeness (QED) is 0.878. The van der Waals surface area contributed by atoms with Crippen LogP contribution in [0.2, 0.25) is 0 Å². The molecule has 0 aliphatic rings. The molecule has 2 N–H and O–H groups in total. The SMILES string of the molecule is CCCNc1ccc(C(=O)Nc2ccc(C)nc2)cc1C. The van der Waals surface area contributed by atoms with Crippen molar-refractivity contribution in [2.24, 2.45) is 0 Å². The molecule has 1 aromatic heterocycles. The lowest BCUT2D eigenvalue weighted by Crippen LogP contribution is -2.12. The van der Waals surface area contributed by atoms with Crippen LogP contribution >= 0.6 is 0 Å².